The predicted octanol–water partition coefficient (Wildman–Crippen LogP) is 25.1. The normalized spacial score (nSPS) is 12.4. The summed E-state index contributed by atoms with van der Waals surface area (Å²) in [5.41, 5.74) is 0. The van der Waals surface area contributed by atoms with Gasteiger partial charge in [0, 0.05) is 19.3 Å². The first-order valence-electron chi connectivity index (χ1n) is 36.3. The Morgan fingerprint density at radius 3 is 0.744 bits per heavy atom. The molecule has 6 nitrogen and oxygen atoms in total. The van der Waals surface area contributed by atoms with Crippen molar-refractivity contribution in [3.63, 3.8) is 0 Å². The molecule has 0 rings (SSSR count). The highest BCUT2D eigenvalue weighted by Crippen LogP contribution is 2.19. The van der Waals surface area contributed by atoms with Crippen molar-refractivity contribution in [2.24, 2.45) is 0 Å². The van der Waals surface area contributed by atoms with Crippen LogP contribution in [0.3, 0.4) is 0 Å². The molecule has 0 aromatic heterocycles. The molecule has 478 valence electrons. The highest BCUT2D eigenvalue weighted by atomic mass is 16.6. The lowest BCUT2D eigenvalue weighted by Crippen LogP contribution is -2.30. The van der Waals surface area contributed by atoms with Crippen molar-refractivity contribution in [2.45, 2.75) is 393 Å². The standard InChI is InChI=1S/C76H138O6/c1-4-7-10-13-16-19-21-23-25-27-29-31-33-34-35-36-37-38-39-40-41-42-43-45-46-48-50-52-54-57-60-63-66-69-75(78)81-72-73(71-80-74(77)68-65-62-59-56-18-15-12-9-6-3)82-76(79)70-67-64-61-58-55-53-51-49-47-44-32-30-28-26-24-22-20-17-14-11-8-5-2/h7,10,16,19,23,25,29,31,34-35,73H,4-6,8-9,11-15,17-18,20-22,24,26-28,30,32-33,36-72H2,1-3H3/b10-7-,19-16-,25-23-,31-29-,35-34-. The molecule has 0 amide bonds. The quantitative estimate of drug-likeness (QED) is 0.0261. The molecule has 1 atom stereocenters. The van der Waals surface area contributed by atoms with Crippen molar-refractivity contribution in [3.8, 4) is 0 Å². The summed E-state index contributed by atoms with van der Waals surface area (Å²) in [5.74, 6) is -0.841. The number of rotatable bonds is 67. The van der Waals surface area contributed by atoms with Gasteiger partial charge < -0.3 is 14.2 Å². The number of ether oxygens (including phenoxy) is 3. The maximum Gasteiger partial charge on any atom is 0.306 e. The van der Waals surface area contributed by atoms with E-state index in [1.54, 1.807) is 0 Å². The van der Waals surface area contributed by atoms with Crippen LogP contribution in [0.15, 0.2) is 60.8 Å². The molecule has 0 aliphatic rings. The van der Waals surface area contributed by atoms with Gasteiger partial charge in [0.2, 0.25) is 0 Å². The van der Waals surface area contributed by atoms with Crippen LogP contribution in [0, 0.1) is 0 Å². The minimum atomic E-state index is -0.768. The number of hydrogen-bond acceptors (Lipinski definition) is 6. The van der Waals surface area contributed by atoms with E-state index in [-0.39, 0.29) is 31.1 Å². The molecule has 6 heteroatoms. The molecule has 0 saturated heterocycles. The molecule has 0 bridgehead atoms. The molecule has 0 aliphatic heterocycles. The van der Waals surface area contributed by atoms with Crippen molar-refractivity contribution in [1.82, 2.24) is 0 Å². The molecular formula is C76H138O6. The number of allylic oxidation sites excluding steroid dienone is 10. The Labute approximate surface area is 510 Å². The van der Waals surface area contributed by atoms with Gasteiger partial charge in [0.25, 0.3) is 0 Å². The Morgan fingerprint density at radius 1 is 0.256 bits per heavy atom. The summed E-state index contributed by atoms with van der Waals surface area (Å²) in [6.45, 7) is 6.57. The van der Waals surface area contributed by atoms with E-state index in [0.717, 1.165) is 89.9 Å². The third kappa shape index (κ3) is 67.9. The fourth-order valence-electron chi connectivity index (χ4n) is 10.9. The van der Waals surface area contributed by atoms with Crippen LogP contribution < -0.4 is 0 Å². The minimum Gasteiger partial charge on any atom is -0.462 e. The van der Waals surface area contributed by atoms with E-state index in [1.807, 2.05) is 0 Å². The van der Waals surface area contributed by atoms with Gasteiger partial charge in [-0.05, 0) is 64.2 Å². The van der Waals surface area contributed by atoms with Crippen LogP contribution in [0.1, 0.15) is 387 Å². The summed E-state index contributed by atoms with van der Waals surface area (Å²) in [6, 6.07) is 0. The summed E-state index contributed by atoms with van der Waals surface area (Å²) >= 11 is 0. The molecule has 0 N–H and O–H groups in total. The summed E-state index contributed by atoms with van der Waals surface area (Å²) in [4.78, 5) is 38.3. The monoisotopic (exact) mass is 1150 g/mol. The first-order chi connectivity index (χ1) is 40.5. The second-order valence-corrected chi connectivity index (χ2v) is 24.5. The number of carbonyl (C=O) groups excluding carboxylic acids is 3. The van der Waals surface area contributed by atoms with E-state index in [2.05, 4.69) is 81.5 Å². The van der Waals surface area contributed by atoms with Crippen molar-refractivity contribution >= 4 is 17.9 Å². The van der Waals surface area contributed by atoms with Gasteiger partial charge in [0.15, 0.2) is 6.10 Å². The Balaban J connectivity index is 4.06. The van der Waals surface area contributed by atoms with Crippen LogP contribution in [0.25, 0.3) is 0 Å². The Hall–Kier alpha value is -2.89. The number of esters is 3. The van der Waals surface area contributed by atoms with Gasteiger partial charge in [-0.3, -0.25) is 14.4 Å². The van der Waals surface area contributed by atoms with E-state index in [4.69, 9.17) is 14.2 Å². The average Bonchev–Trinajstić information content (AvgIpc) is 3.48. The van der Waals surface area contributed by atoms with Crippen LogP contribution in [-0.2, 0) is 28.6 Å². The van der Waals surface area contributed by atoms with E-state index in [0.29, 0.717) is 19.3 Å². The average molecular weight is 1150 g/mol. The zero-order valence-corrected chi connectivity index (χ0v) is 55.0. The largest absolute Gasteiger partial charge is 0.462 e. The first-order valence-corrected chi connectivity index (χ1v) is 36.3. The van der Waals surface area contributed by atoms with Gasteiger partial charge in [-0.2, -0.15) is 0 Å². The van der Waals surface area contributed by atoms with Crippen molar-refractivity contribution < 1.29 is 28.6 Å². The second kappa shape index (κ2) is 70.6. The van der Waals surface area contributed by atoms with Gasteiger partial charge >= 0.3 is 17.9 Å². The number of unbranched alkanes of at least 4 members (excludes halogenated alkanes) is 46. The Morgan fingerprint density at radius 2 is 0.476 bits per heavy atom. The molecule has 0 heterocycles. The zero-order chi connectivity index (χ0) is 59.2. The third-order valence-corrected chi connectivity index (χ3v) is 16.3. The van der Waals surface area contributed by atoms with E-state index >= 15 is 0 Å². The van der Waals surface area contributed by atoms with Crippen LogP contribution in [0.5, 0.6) is 0 Å². The smallest absolute Gasteiger partial charge is 0.306 e. The highest BCUT2D eigenvalue weighted by molar-refractivity contribution is 5.71. The van der Waals surface area contributed by atoms with E-state index < -0.39 is 6.10 Å². The lowest BCUT2D eigenvalue weighted by Gasteiger charge is -2.18. The highest BCUT2D eigenvalue weighted by Gasteiger charge is 2.19. The summed E-state index contributed by atoms with van der Waals surface area (Å²) in [5, 5.41) is 0. The van der Waals surface area contributed by atoms with Gasteiger partial charge in [-0.15, -0.1) is 0 Å². The lowest BCUT2D eigenvalue weighted by molar-refractivity contribution is -0.167. The molecule has 0 spiro atoms. The summed E-state index contributed by atoms with van der Waals surface area (Å²) in [7, 11) is 0. The maximum absolute atomic E-state index is 12.9. The molecule has 0 saturated carbocycles. The molecule has 82 heavy (non-hydrogen) atoms. The van der Waals surface area contributed by atoms with Crippen LogP contribution in [-0.4, -0.2) is 37.2 Å². The molecule has 0 radical (unpaired) electrons. The van der Waals surface area contributed by atoms with Gasteiger partial charge in [-0.1, -0.05) is 364 Å². The first kappa shape index (κ1) is 79.1. The zero-order valence-electron chi connectivity index (χ0n) is 55.0. The topological polar surface area (TPSA) is 78.9 Å². The lowest BCUT2D eigenvalue weighted by atomic mass is 10.0. The number of carbonyl (C=O) groups is 3. The Bertz CT molecular complexity index is 1460. The molecule has 1 unspecified atom stereocenters. The van der Waals surface area contributed by atoms with Crippen LogP contribution in [0.4, 0.5) is 0 Å². The molecule has 0 aliphatic carbocycles. The van der Waals surface area contributed by atoms with Gasteiger partial charge in [0.1, 0.15) is 13.2 Å². The molecular weight excluding hydrogens is 1010 g/mol. The van der Waals surface area contributed by atoms with Crippen molar-refractivity contribution in [2.75, 3.05) is 13.2 Å². The Kier molecular flexibility index (Phi) is 68.1. The summed E-state index contributed by atoms with van der Waals surface area (Å²) in [6.07, 6.45) is 91.3. The maximum atomic E-state index is 12.9. The molecule has 0 aromatic rings. The van der Waals surface area contributed by atoms with Crippen LogP contribution in [0.2, 0.25) is 0 Å². The third-order valence-electron chi connectivity index (χ3n) is 16.3. The second-order valence-electron chi connectivity index (χ2n) is 24.5. The predicted molar refractivity (Wildman–Crippen MR) is 358 cm³/mol. The van der Waals surface area contributed by atoms with Crippen LogP contribution >= 0.6 is 0 Å². The van der Waals surface area contributed by atoms with Crippen molar-refractivity contribution in [1.29, 1.82) is 0 Å². The fourth-order valence-corrected chi connectivity index (χ4v) is 10.9. The van der Waals surface area contributed by atoms with Gasteiger partial charge in [0.05, 0.1) is 0 Å². The van der Waals surface area contributed by atoms with E-state index in [9.17, 15) is 14.4 Å². The SMILES string of the molecule is CC/C=C\C/C=C\C/C=C\C/C=C\C/C=C\CCCCCCCCCCCCCCCCCCCC(=O)OCC(COC(=O)CCCCCCCCCCC)OC(=O)CCCCCCCCCCCCCCCCCCCCCCCC. The van der Waals surface area contributed by atoms with Crippen molar-refractivity contribution in [3.05, 3.63) is 60.8 Å². The molecule has 0 aromatic carbocycles. The number of hydrogen-bond donors (Lipinski definition) is 0. The fraction of sp³-hybridized carbons (Fsp3) is 0.829. The summed E-state index contributed by atoms with van der Waals surface area (Å²) < 4.78 is 17.0. The minimum absolute atomic E-state index is 0.0665. The van der Waals surface area contributed by atoms with Gasteiger partial charge in [-0.25, -0.2) is 0 Å². The van der Waals surface area contributed by atoms with E-state index in [1.165, 1.54) is 257 Å². The molecule has 0 fully saturated rings.